The summed E-state index contributed by atoms with van der Waals surface area (Å²) in [6, 6.07) is 0. The van der Waals surface area contributed by atoms with E-state index in [1.807, 2.05) is 6.08 Å². The molecule has 0 aromatic heterocycles. The summed E-state index contributed by atoms with van der Waals surface area (Å²) in [5.41, 5.74) is 0. The van der Waals surface area contributed by atoms with Crippen LogP contribution < -0.4 is 0 Å². The molecule has 0 aliphatic rings. The third-order valence-electron chi connectivity index (χ3n) is 4.30. The second-order valence-corrected chi connectivity index (χ2v) is 6.83. The van der Waals surface area contributed by atoms with E-state index < -0.39 is 0 Å². The molecule has 0 bridgehead atoms. The monoisotopic (exact) mass is 362 g/mol. The Morgan fingerprint density at radius 3 is 2.00 bits per heavy atom. The highest BCUT2D eigenvalue weighted by molar-refractivity contribution is 5.21. The summed E-state index contributed by atoms with van der Waals surface area (Å²) >= 11 is 0. The normalized spacial score (nSPS) is 11.0. The van der Waals surface area contributed by atoms with E-state index in [1.54, 1.807) is 6.08 Å². The fraction of sp³-hybridized carbons (Fsp3) is 0.750. The molecule has 0 amide bonds. The van der Waals surface area contributed by atoms with Gasteiger partial charge in [-0.05, 0) is 50.7 Å². The molecule has 150 valence electrons. The zero-order chi connectivity index (χ0) is 19.1. The van der Waals surface area contributed by atoms with E-state index >= 15 is 0 Å². The van der Waals surface area contributed by atoms with E-state index in [9.17, 15) is 0 Å². The first kappa shape index (κ1) is 25.0. The van der Waals surface area contributed by atoms with Gasteiger partial charge in [-0.1, -0.05) is 83.3 Å². The molecule has 0 spiro atoms. The minimum atomic E-state index is 0.00933. The summed E-state index contributed by atoms with van der Waals surface area (Å²) in [5, 5.41) is 0. The smallest absolute Gasteiger partial charge is 0.157 e. The maximum atomic E-state index is 5.97. The summed E-state index contributed by atoms with van der Waals surface area (Å²) in [6.45, 7) is 9.70. The van der Waals surface area contributed by atoms with Crippen LogP contribution in [0.25, 0.3) is 0 Å². The van der Waals surface area contributed by atoms with Crippen LogP contribution >= 0.6 is 0 Å². The van der Waals surface area contributed by atoms with Gasteiger partial charge in [-0.2, -0.15) is 0 Å². The van der Waals surface area contributed by atoms with Gasteiger partial charge in [0.1, 0.15) is 0 Å². The lowest BCUT2D eigenvalue weighted by molar-refractivity contribution is -0.148. The largest absolute Gasteiger partial charge is 0.353 e. The van der Waals surface area contributed by atoms with Crippen molar-refractivity contribution in [2.75, 3.05) is 13.2 Å². The maximum Gasteiger partial charge on any atom is 0.157 e. The van der Waals surface area contributed by atoms with Crippen LogP contribution in [-0.2, 0) is 9.47 Å². The number of hydrogen-bond donors (Lipinski definition) is 0. The second-order valence-electron chi connectivity index (χ2n) is 6.83. The van der Waals surface area contributed by atoms with Gasteiger partial charge in [0.15, 0.2) is 6.29 Å². The van der Waals surface area contributed by atoms with Crippen molar-refractivity contribution in [2.45, 2.75) is 104 Å². The van der Waals surface area contributed by atoms with Crippen LogP contribution in [0.2, 0.25) is 0 Å². The van der Waals surface area contributed by atoms with Crippen molar-refractivity contribution in [3.63, 3.8) is 0 Å². The van der Waals surface area contributed by atoms with Crippen LogP contribution in [0.5, 0.6) is 0 Å². The van der Waals surface area contributed by atoms with Gasteiger partial charge >= 0.3 is 0 Å². The van der Waals surface area contributed by atoms with E-state index in [1.165, 1.54) is 57.8 Å². The van der Waals surface area contributed by atoms with E-state index in [0.717, 1.165) is 38.9 Å². The average Bonchev–Trinajstić information content (AvgIpc) is 2.66. The van der Waals surface area contributed by atoms with Crippen LogP contribution in [0.15, 0.2) is 24.8 Å². The first-order valence-corrected chi connectivity index (χ1v) is 10.8. The quantitative estimate of drug-likeness (QED) is 0.146. The minimum Gasteiger partial charge on any atom is -0.353 e. The van der Waals surface area contributed by atoms with E-state index in [0.29, 0.717) is 0 Å². The number of unbranched alkanes of at least 4 members (excludes halogenated alkanes) is 9. The molecule has 0 aliphatic carbocycles. The molecule has 0 aliphatic heterocycles. The van der Waals surface area contributed by atoms with Gasteiger partial charge in [0.25, 0.3) is 0 Å². The third kappa shape index (κ3) is 19.3. The summed E-state index contributed by atoms with van der Waals surface area (Å²) < 4.78 is 11.9. The maximum absolute atomic E-state index is 5.97. The molecule has 0 fully saturated rings. The number of rotatable bonds is 18. The van der Waals surface area contributed by atoms with Crippen molar-refractivity contribution in [1.29, 1.82) is 0 Å². The Kier molecular flexibility index (Phi) is 21.1. The van der Waals surface area contributed by atoms with Crippen molar-refractivity contribution >= 4 is 0 Å². The summed E-state index contributed by atoms with van der Waals surface area (Å²) in [5.74, 6) is 5.76. The lowest BCUT2D eigenvalue weighted by Crippen LogP contribution is -2.19. The minimum absolute atomic E-state index is 0.00933. The molecule has 2 nitrogen and oxygen atoms in total. The van der Waals surface area contributed by atoms with Gasteiger partial charge in [-0.15, -0.1) is 0 Å². The Morgan fingerprint density at radius 1 is 0.769 bits per heavy atom. The van der Waals surface area contributed by atoms with Gasteiger partial charge in [-0.3, -0.25) is 0 Å². The molecule has 0 N–H and O–H groups in total. The number of ether oxygens (including phenoxy) is 2. The number of allylic oxidation sites excluding steroid dienone is 3. The van der Waals surface area contributed by atoms with E-state index in [-0.39, 0.29) is 6.29 Å². The van der Waals surface area contributed by atoms with Crippen LogP contribution in [0.3, 0.4) is 0 Å². The molecule has 26 heavy (non-hydrogen) atoms. The molecule has 0 atom stereocenters. The molecule has 0 saturated heterocycles. The van der Waals surface area contributed by atoms with Crippen molar-refractivity contribution in [3.8, 4) is 11.8 Å². The van der Waals surface area contributed by atoms with E-state index in [2.05, 4.69) is 38.3 Å². The van der Waals surface area contributed by atoms with Crippen LogP contribution in [0, 0.1) is 11.8 Å². The second kappa shape index (κ2) is 22.0. The molecule has 0 aromatic rings. The van der Waals surface area contributed by atoms with Crippen molar-refractivity contribution < 1.29 is 9.47 Å². The highest BCUT2D eigenvalue weighted by Gasteiger charge is 2.09. The zero-order valence-electron chi connectivity index (χ0n) is 17.4. The Morgan fingerprint density at radius 2 is 1.38 bits per heavy atom. The van der Waals surface area contributed by atoms with Crippen molar-refractivity contribution in [3.05, 3.63) is 24.8 Å². The summed E-state index contributed by atoms with van der Waals surface area (Å²) in [6.07, 6.45) is 21.4. The highest BCUT2D eigenvalue weighted by Crippen LogP contribution is 2.13. The Hall–Kier alpha value is -1.04. The molecule has 0 radical (unpaired) electrons. The molecule has 0 unspecified atom stereocenters. The third-order valence-corrected chi connectivity index (χ3v) is 4.30. The molecular weight excluding hydrogens is 320 g/mol. The standard InChI is InChI=1S/C24H42O2/c1-4-7-10-11-12-13-14-15-16-17-18-21-24(25-22-19-8-5-2)26-23-20-9-6-3/h4,11-12,24H,1,5-6,8-9,13-23H2,2-3H3/b12-11-. The SMILES string of the molecule is C=CC#C/C=C\CCCCCCCC(OCCCCC)OCCCCC. The first-order valence-electron chi connectivity index (χ1n) is 10.8. The number of hydrogen-bond acceptors (Lipinski definition) is 2. The van der Waals surface area contributed by atoms with E-state index in [4.69, 9.17) is 9.47 Å². The summed E-state index contributed by atoms with van der Waals surface area (Å²) in [4.78, 5) is 0. The summed E-state index contributed by atoms with van der Waals surface area (Å²) in [7, 11) is 0. The molecule has 0 saturated carbocycles. The van der Waals surface area contributed by atoms with Gasteiger partial charge in [0.2, 0.25) is 0 Å². The van der Waals surface area contributed by atoms with Gasteiger partial charge < -0.3 is 9.47 Å². The Labute approximate surface area is 163 Å². The fourth-order valence-corrected chi connectivity index (χ4v) is 2.70. The van der Waals surface area contributed by atoms with Crippen LogP contribution in [-0.4, -0.2) is 19.5 Å². The molecule has 0 aromatic carbocycles. The van der Waals surface area contributed by atoms with Crippen molar-refractivity contribution in [1.82, 2.24) is 0 Å². The predicted octanol–water partition coefficient (Wildman–Crippen LogP) is 7.20. The van der Waals surface area contributed by atoms with Gasteiger partial charge in [0, 0.05) is 13.2 Å². The van der Waals surface area contributed by atoms with Gasteiger partial charge in [0.05, 0.1) is 0 Å². The average molecular weight is 363 g/mol. The Balaban J connectivity index is 3.71. The lowest BCUT2D eigenvalue weighted by Gasteiger charge is -2.18. The van der Waals surface area contributed by atoms with Crippen LogP contribution in [0.1, 0.15) is 97.3 Å². The topological polar surface area (TPSA) is 18.5 Å². The fourth-order valence-electron chi connectivity index (χ4n) is 2.70. The Bertz CT molecular complexity index is 363. The van der Waals surface area contributed by atoms with Crippen molar-refractivity contribution in [2.24, 2.45) is 0 Å². The molecular formula is C24H42O2. The predicted molar refractivity (Wildman–Crippen MR) is 114 cm³/mol. The molecule has 2 heteroatoms. The van der Waals surface area contributed by atoms with Gasteiger partial charge in [-0.25, -0.2) is 0 Å². The highest BCUT2D eigenvalue weighted by atomic mass is 16.7. The lowest BCUT2D eigenvalue weighted by atomic mass is 10.1. The molecule has 0 rings (SSSR count). The zero-order valence-corrected chi connectivity index (χ0v) is 17.4. The molecule has 0 heterocycles. The first-order chi connectivity index (χ1) is 12.8. The van der Waals surface area contributed by atoms with Crippen LogP contribution in [0.4, 0.5) is 0 Å².